The molecule has 0 radical (unpaired) electrons. The quantitative estimate of drug-likeness (QED) is 0.810. The molecule has 0 spiro atoms. The van der Waals surface area contributed by atoms with Crippen LogP contribution in [0.3, 0.4) is 0 Å². The molecule has 4 N–H and O–H groups in total. The Morgan fingerprint density at radius 3 is 2.76 bits per heavy atom. The van der Waals surface area contributed by atoms with Crippen molar-refractivity contribution in [3.05, 3.63) is 18.3 Å². The molecule has 2 rings (SSSR count). The first-order valence-electron chi connectivity index (χ1n) is 5.93. The number of primary amides is 1. The van der Waals surface area contributed by atoms with Gasteiger partial charge in [-0.15, -0.1) is 0 Å². The molecule has 5 heteroatoms. The van der Waals surface area contributed by atoms with Crippen LogP contribution in [0.4, 0.5) is 11.5 Å². The third-order valence-electron chi connectivity index (χ3n) is 3.16. The van der Waals surface area contributed by atoms with Crippen LogP contribution in [0.25, 0.3) is 0 Å². The van der Waals surface area contributed by atoms with Crippen LogP contribution in [0.15, 0.2) is 18.3 Å². The van der Waals surface area contributed by atoms with E-state index in [1.165, 1.54) is 12.8 Å². The Bertz CT molecular complexity index is 401. The van der Waals surface area contributed by atoms with E-state index in [4.69, 9.17) is 11.5 Å². The molecule has 1 amide bonds. The highest BCUT2D eigenvalue weighted by Gasteiger charge is 2.24. The molecule has 0 aliphatic heterocycles. The lowest BCUT2D eigenvalue weighted by atomic mass is 10.2. The van der Waals surface area contributed by atoms with Crippen molar-refractivity contribution in [1.82, 2.24) is 4.98 Å². The standard InChI is InChI=1S/C12H18N4O/c13-9-5-6-15-12(7-9)16(8-11(14)17)10-3-1-2-4-10/h5-7,10H,1-4,8H2,(H2,13,15)(H2,14,17). The van der Waals surface area contributed by atoms with E-state index < -0.39 is 0 Å². The maximum Gasteiger partial charge on any atom is 0.237 e. The Labute approximate surface area is 101 Å². The lowest BCUT2D eigenvalue weighted by molar-refractivity contribution is -0.116. The van der Waals surface area contributed by atoms with Crippen molar-refractivity contribution in [3.63, 3.8) is 0 Å². The second-order valence-corrected chi connectivity index (χ2v) is 4.48. The summed E-state index contributed by atoms with van der Waals surface area (Å²) in [5.74, 6) is 0.414. The summed E-state index contributed by atoms with van der Waals surface area (Å²) < 4.78 is 0. The Hall–Kier alpha value is -1.78. The van der Waals surface area contributed by atoms with Crippen LogP contribution < -0.4 is 16.4 Å². The van der Waals surface area contributed by atoms with Gasteiger partial charge in [0, 0.05) is 24.0 Å². The lowest BCUT2D eigenvalue weighted by Crippen LogP contribution is -2.40. The van der Waals surface area contributed by atoms with Crippen LogP contribution in [-0.4, -0.2) is 23.5 Å². The van der Waals surface area contributed by atoms with E-state index in [-0.39, 0.29) is 12.5 Å². The number of nitrogens with two attached hydrogens (primary N) is 2. The topological polar surface area (TPSA) is 85.2 Å². The number of hydrogen-bond acceptors (Lipinski definition) is 4. The van der Waals surface area contributed by atoms with Crippen LogP contribution in [0.5, 0.6) is 0 Å². The smallest absolute Gasteiger partial charge is 0.237 e. The molecule has 1 aromatic rings. The third-order valence-corrected chi connectivity index (χ3v) is 3.16. The van der Waals surface area contributed by atoms with Crippen molar-refractivity contribution < 1.29 is 4.79 Å². The highest BCUT2D eigenvalue weighted by Crippen LogP contribution is 2.27. The minimum atomic E-state index is -0.332. The lowest BCUT2D eigenvalue weighted by Gasteiger charge is -2.28. The van der Waals surface area contributed by atoms with Crippen molar-refractivity contribution in [2.75, 3.05) is 17.2 Å². The van der Waals surface area contributed by atoms with Gasteiger partial charge in [0.1, 0.15) is 5.82 Å². The minimum absolute atomic E-state index is 0.209. The highest BCUT2D eigenvalue weighted by atomic mass is 16.1. The largest absolute Gasteiger partial charge is 0.399 e. The van der Waals surface area contributed by atoms with Gasteiger partial charge >= 0.3 is 0 Å². The average molecular weight is 234 g/mol. The van der Waals surface area contributed by atoms with Crippen LogP contribution in [0.2, 0.25) is 0 Å². The van der Waals surface area contributed by atoms with Gasteiger partial charge in [0.2, 0.25) is 5.91 Å². The first-order chi connectivity index (χ1) is 8.16. The molecule has 0 aromatic carbocycles. The van der Waals surface area contributed by atoms with Crippen molar-refractivity contribution in [2.24, 2.45) is 5.73 Å². The summed E-state index contributed by atoms with van der Waals surface area (Å²) in [6.45, 7) is 0.209. The van der Waals surface area contributed by atoms with Crippen LogP contribution in [-0.2, 0) is 4.79 Å². The Morgan fingerprint density at radius 2 is 2.18 bits per heavy atom. The summed E-state index contributed by atoms with van der Waals surface area (Å²) >= 11 is 0. The molecule has 0 bridgehead atoms. The number of pyridine rings is 1. The maximum absolute atomic E-state index is 11.1. The molecular formula is C12H18N4O. The second kappa shape index (κ2) is 5.03. The van der Waals surface area contributed by atoms with Crippen molar-refractivity contribution in [1.29, 1.82) is 0 Å². The number of nitrogen functional groups attached to an aromatic ring is 1. The molecule has 0 atom stereocenters. The van der Waals surface area contributed by atoms with Gasteiger partial charge in [-0.25, -0.2) is 4.98 Å². The van der Waals surface area contributed by atoms with E-state index in [0.29, 0.717) is 11.7 Å². The average Bonchev–Trinajstić information content (AvgIpc) is 2.79. The molecule has 1 heterocycles. The molecule has 1 aromatic heterocycles. The molecule has 1 fully saturated rings. The van der Waals surface area contributed by atoms with Crippen LogP contribution in [0.1, 0.15) is 25.7 Å². The zero-order valence-electron chi connectivity index (χ0n) is 9.80. The number of hydrogen-bond donors (Lipinski definition) is 2. The zero-order valence-corrected chi connectivity index (χ0v) is 9.80. The Balaban J connectivity index is 2.22. The number of amides is 1. The van der Waals surface area contributed by atoms with Gasteiger partial charge in [-0.05, 0) is 18.9 Å². The molecular weight excluding hydrogens is 216 g/mol. The molecule has 1 aliphatic carbocycles. The van der Waals surface area contributed by atoms with Gasteiger partial charge in [-0.3, -0.25) is 4.79 Å². The summed E-state index contributed by atoms with van der Waals surface area (Å²) in [6, 6.07) is 3.89. The fourth-order valence-electron chi connectivity index (χ4n) is 2.37. The van der Waals surface area contributed by atoms with Crippen molar-refractivity contribution in [3.8, 4) is 0 Å². The van der Waals surface area contributed by atoms with Gasteiger partial charge in [0.25, 0.3) is 0 Å². The van der Waals surface area contributed by atoms with E-state index in [9.17, 15) is 4.79 Å². The van der Waals surface area contributed by atoms with E-state index in [1.54, 1.807) is 18.3 Å². The van der Waals surface area contributed by atoms with Gasteiger partial charge < -0.3 is 16.4 Å². The predicted octanol–water partition coefficient (Wildman–Crippen LogP) is 0.898. The van der Waals surface area contributed by atoms with E-state index in [2.05, 4.69) is 4.98 Å². The monoisotopic (exact) mass is 234 g/mol. The molecule has 1 saturated carbocycles. The normalized spacial score (nSPS) is 16.0. The van der Waals surface area contributed by atoms with Crippen molar-refractivity contribution in [2.45, 2.75) is 31.7 Å². The van der Waals surface area contributed by atoms with E-state index >= 15 is 0 Å². The summed E-state index contributed by atoms with van der Waals surface area (Å²) in [7, 11) is 0. The minimum Gasteiger partial charge on any atom is -0.399 e. The van der Waals surface area contributed by atoms with E-state index in [1.807, 2.05) is 4.90 Å². The van der Waals surface area contributed by atoms with Gasteiger partial charge in [0.05, 0.1) is 6.54 Å². The Morgan fingerprint density at radius 1 is 1.47 bits per heavy atom. The maximum atomic E-state index is 11.1. The van der Waals surface area contributed by atoms with Gasteiger partial charge in [-0.2, -0.15) is 0 Å². The van der Waals surface area contributed by atoms with Crippen LogP contribution >= 0.6 is 0 Å². The number of carbonyl (C=O) groups is 1. The molecule has 0 saturated heterocycles. The zero-order chi connectivity index (χ0) is 12.3. The Kier molecular flexibility index (Phi) is 3.46. The summed E-state index contributed by atoms with van der Waals surface area (Å²) in [5, 5.41) is 0. The van der Waals surface area contributed by atoms with Crippen LogP contribution in [0, 0.1) is 0 Å². The summed E-state index contributed by atoms with van der Waals surface area (Å²) in [6.07, 6.45) is 6.23. The van der Waals surface area contributed by atoms with Gasteiger partial charge in [-0.1, -0.05) is 12.8 Å². The molecule has 1 aliphatic rings. The first-order valence-corrected chi connectivity index (χ1v) is 5.93. The number of carbonyl (C=O) groups excluding carboxylic acids is 1. The molecule has 92 valence electrons. The predicted molar refractivity (Wildman–Crippen MR) is 67.4 cm³/mol. The molecule has 0 unspecified atom stereocenters. The first kappa shape index (κ1) is 11.7. The fraction of sp³-hybridized carbons (Fsp3) is 0.500. The summed E-state index contributed by atoms with van der Waals surface area (Å²) in [5.41, 5.74) is 11.7. The molecule has 17 heavy (non-hydrogen) atoms. The SMILES string of the molecule is NC(=O)CN(c1cc(N)ccn1)C1CCCC1. The summed E-state index contributed by atoms with van der Waals surface area (Å²) in [4.78, 5) is 17.4. The van der Waals surface area contributed by atoms with Crippen molar-refractivity contribution >= 4 is 17.4 Å². The molecule has 5 nitrogen and oxygen atoms in total. The number of nitrogens with zero attached hydrogens (tertiary/aromatic N) is 2. The highest BCUT2D eigenvalue weighted by molar-refractivity contribution is 5.79. The van der Waals surface area contributed by atoms with E-state index in [0.717, 1.165) is 18.7 Å². The number of anilines is 2. The number of rotatable bonds is 4. The fourth-order valence-corrected chi connectivity index (χ4v) is 2.37. The number of aromatic nitrogens is 1. The third kappa shape index (κ3) is 2.87. The second-order valence-electron chi connectivity index (χ2n) is 4.48. The van der Waals surface area contributed by atoms with Gasteiger partial charge in [0.15, 0.2) is 0 Å².